The Bertz CT molecular complexity index is 508. The molecule has 2 aromatic rings. The van der Waals surface area contributed by atoms with Crippen molar-refractivity contribution in [3.63, 3.8) is 0 Å². The Labute approximate surface area is 121 Å². The van der Waals surface area contributed by atoms with E-state index in [1.807, 2.05) is 37.3 Å². The van der Waals surface area contributed by atoms with Crippen molar-refractivity contribution in [3.05, 3.63) is 65.7 Å². The Hall–Kier alpha value is -1.80. The average molecular weight is 270 g/mol. The zero-order valence-electron chi connectivity index (χ0n) is 12.0. The van der Waals surface area contributed by atoms with E-state index >= 15 is 0 Å². The first-order valence-corrected chi connectivity index (χ1v) is 7.25. The lowest BCUT2D eigenvalue weighted by atomic mass is 10.0. The van der Waals surface area contributed by atoms with Crippen LogP contribution in [0.3, 0.4) is 0 Å². The molecule has 0 aliphatic rings. The summed E-state index contributed by atoms with van der Waals surface area (Å²) in [6.07, 6.45) is 2.25. The van der Waals surface area contributed by atoms with Crippen LogP contribution in [0, 0.1) is 0 Å². The summed E-state index contributed by atoms with van der Waals surface area (Å²) in [5.41, 5.74) is 2.21. The minimum Gasteiger partial charge on any atom is -0.493 e. The highest BCUT2D eigenvalue weighted by atomic mass is 16.5. The van der Waals surface area contributed by atoms with Gasteiger partial charge in [-0.3, -0.25) is 0 Å². The first kappa shape index (κ1) is 14.6. The van der Waals surface area contributed by atoms with Crippen molar-refractivity contribution in [2.45, 2.75) is 32.3 Å². The number of benzene rings is 2. The molecule has 2 aromatic carbocycles. The fourth-order valence-electron chi connectivity index (χ4n) is 2.34. The number of aryl methyl sites for hydroxylation is 1. The van der Waals surface area contributed by atoms with Gasteiger partial charge in [0.1, 0.15) is 5.75 Å². The summed E-state index contributed by atoms with van der Waals surface area (Å²) in [6.45, 7) is 2.58. The Balaban J connectivity index is 1.90. The molecule has 1 atom stereocenters. The van der Waals surface area contributed by atoms with Crippen molar-refractivity contribution in [1.82, 2.24) is 0 Å². The van der Waals surface area contributed by atoms with Crippen molar-refractivity contribution in [1.29, 1.82) is 0 Å². The van der Waals surface area contributed by atoms with E-state index in [2.05, 4.69) is 24.3 Å². The smallest absolute Gasteiger partial charge is 0.125 e. The summed E-state index contributed by atoms with van der Waals surface area (Å²) in [6, 6.07) is 18.1. The molecule has 1 N–H and O–H groups in total. The lowest BCUT2D eigenvalue weighted by Gasteiger charge is -2.15. The van der Waals surface area contributed by atoms with Crippen molar-refractivity contribution in [3.8, 4) is 5.75 Å². The van der Waals surface area contributed by atoms with Crippen LogP contribution in [0.2, 0.25) is 0 Å². The number of hydrogen-bond acceptors (Lipinski definition) is 2. The van der Waals surface area contributed by atoms with Gasteiger partial charge in [0.2, 0.25) is 0 Å². The van der Waals surface area contributed by atoms with Crippen molar-refractivity contribution in [2.24, 2.45) is 0 Å². The molecule has 2 nitrogen and oxygen atoms in total. The Kier molecular flexibility index (Phi) is 5.63. The number of aliphatic hydroxyl groups is 1. The van der Waals surface area contributed by atoms with Crippen LogP contribution in [0.5, 0.6) is 5.75 Å². The van der Waals surface area contributed by atoms with Crippen LogP contribution in [0.4, 0.5) is 0 Å². The molecule has 0 amide bonds. The second-order valence-electron chi connectivity index (χ2n) is 4.86. The third-order valence-corrected chi connectivity index (χ3v) is 3.36. The van der Waals surface area contributed by atoms with Crippen LogP contribution in [-0.2, 0) is 6.42 Å². The number of ether oxygens (including phenoxy) is 1. The normalized spacial score (nSPS) is 12.1. The first-order chi connectivity index (χ1) is 9.81. The van der Waals surface area contributed by atoms with Gasteiger partial charge in [0.25, 0.3) is 0 Å². The van der Waals surface area contributed by atoms with Crippen LogP contribution in [0.1, 0.15) is 37.0 Å². The molecule has 0 aliphatic carbocycles. The summed E-state index contributed by atoms with van der Waals surface area (Å²) in [5, 5.41) is 10.3. The van der Waals surface area contributed by atoms with Gasteiger partial charge in [-0.15, -0.1) is 0 Å². The molecule has 0 saturated carbocycles. The van der Waals surface area contributed by atoms with Gasteiger partial charge in [-0.2, -0.15) is 0 Å². The number of hydrogen-bond donors (Lipinski definition) is 1. The van der Waals surface area contributed by atoms with Gasteiger partial charge < -0.3 is 9.84 Å². The summed E-state index contributed by atoms with van der Waals surface area (Å²) < 4.78 is 5.56. The van der Waals surface area contributed by atoms with E-state index in [4.69, 9.17) is 4.74 Å². The lowest BCUT2D eigenvalue weighted by Crippen LogP contribution is -2.03. The molecule has 0 bridgehead atoms. The summed E-state index contributed by atoms with van der Waals surface area (Å²) in [4.78, 5) is 0. The van der Waals surface area contributed by atoms with E-state index in [1.165, 1.54) is 5.56 Å². The highest BCUT2D eigenvalue weighted by molar-refractivity contribution is 5.35. The Morgan fingerprint density at radius 3 is 2.45 bits per heavy atom. The Morgan fingerprint density at radius 2 is 1.70 bits per heavy atom. The lowest BCUT2D eigenvalue weighted by molar-refractivity contribution is 0.159. The van der Waals surface area contributed by atoms with Gasteiger partial charge in [0, 0.05) is 5.56 Å². The van der Waals surface area contributed by atoms with Gasteiger partial charge in [-0.05, 0) is 37.8 Å². The maximum Gasteiger partial charge on any atom is 0.125 e. The predicted molar refractivity (Wildman–Crippen MR) is 82.0 cm³/mol. The van der Waals surface area contributed by atoms with Crippen molar-refractivity contribution >= 4 is 0 Å². The van der Waals surface area contributed by atoms with Crippen LogP contribution in [-0.4, -0.2) is 11.7 Å². The first-order valence-electron chi connectivity index (χ1n) is 7.25. The van der Waals surface area contributed by atoms with Crippen LogP contribution in [0.15, 0.2) is 54.6 Å². The Morgan fingerprint density at radius 1 is 1.00 bits per heavy atom. The molecule has 0 aromatic heterocycles. The molecule has 0 spiro atoms. The molecule has 0 aliphatic heterocycles. The monoisotopic (exact) mass is 270 g/mol. The van der Waals surface area contributed by atoms with Gasteiger partial charge in [0.05, 0.1) is 12.7 Å². The van der Waals surface area contributed by atoms with E-state index in [1.54, 1.807) is 0 Å². The van der Waals surface area contributed by atoms with E-state index in [-0.39, 0.29) is 0 Å². The quantitative estimate of drug-likeness (QED) is 0.819. The molecule has 2 rings (SSSR count). The summed E-state index contributed by atoms with van der Waals surface area (Å²) >= 11 is 0. The van der Waals surface area contributed by atoms with Gasteiger partial charge in [-0.25, -0.2) is 0 Å². The highest BCUT2D eigenvalue weighted by Crippen LogP contribution is 2.28. The molecule has 0 radical (unpaired) electrons. The second kappa shape index (κ2) is 7.71. The molecular formula is C18H22O2. The van der Waals surface area contributed by atoms with Gasteiger partial charge in [-0.1, -0.05) is 48.5 Å². The molecule has 106 valence electrons. The third-order valence-electron chi connectivity index (χ3n) is 3.36. The summed E-state index contributed by atoms with van der Waals surface area (Å²) in [7, 11) is 0. The maximum atomic E-state index is 10.3. The fraction of sp³-hybridized carbons (Fsp3) is 0.333. The largest absolute Gasteiger partial charge is 0.493 e. The third kappa shape index (κ3) is 4.10. The standard InChI is InChI=1S/C18H22O2/c1-2-20-18-14-7-6-12-16(18)17(19)13-8-11-15-9-4-3-5-10-15/h3-7,9-10,12,14,17,19H,2,8,11,13H2,1H3. The predicted octanol–water partition coefficient (Wildman–Crippen LogP) is 4.14. The van der Waals surface area contributed by atoms with E-state index < -0.39 is 6.10 Å². The van der Waals surface area contributed by atoms with Crippen LogP contribution >= 0.6 is 0 Å². The molecule has 2 heteroatoms. The van der Waals surface area contributed by atoms with E-state index in [0.717, 1.165) is 30.6 Å². The molecule has 0 fully saturated rings. The zero-order chi connectivity index (χ0) is 14.2. The zero-order valence-corrected chi connectivity index (χ0v) is 12.0. The maximum absolute atomic E-state index is 10.3. The molecule has 0 heterocycles. The van der Waals surface area contributed by atoms with Gasteiger partial charge in [0.15, 0.2) is 0 Å². The minimum atomic E-state index is -0.457. The van der Waals surface area contributed by atoms with Crippen LogP contribution < -0.4 is 4.74 Å². The highest BCUT2D eigenvalue weighted by Gasteiger charge is 2.12. The van der Waals surface area contributed by atoms with E-state index in [0.29, 0.717) is 6.61 Å². The van der Waals surface area contributed by atoms with Crippen molar-refractivity contribution < 1.29 is 9.84 Å². The van der Waals surface area contributed by atoms with Gasteiger partial charge >= 0.3 is 0 Å². The second-order valence-corrected chi connectivity index (χ2v) is 4.86. The van der Waals surface area contributed by atoms with E-state index in [9.17, 15) is 5.11 Å². The molecule has 0 saturated heterocycles. The molecular weight excluding hydrogens is 248 g/mol. The van der Waals surface area contributed by atoms with Crippen LogP contribution in [0.25, 0.3) is 0 Å². The fourth-order valence-corrected chi connectivity index (χ4v) is 2.34. The number of aliphatic hydroxyl groups excluding tert-OH is 1. The number of para-hydroxylation sites is 1. The van der Waals surface area contributed by atoms with Crippen molar-refractivity contribution in [2.75, 3.05) is 6.61 Å². The minimum absolute atomic E-state index is 0.457. The summed E-state index contributed by atoms with van der Waals surface area (Å²) in [5.74, 6) is 0.794. The molecule has 1 unspecified atom stereocenters. The number of rotatable bonds is 7. The average Bonchev–Trinajstić information content (AvgIpc) is 2.49. The molecule has 20 heavy (non-hydrogen) atoms. The SMILES string of the molecule is CCOc1ccccc1C(O)CCCc1ccccc1. The topological polar surface area (TPSA) is 29.5 Å².